The molecule has 0 radical (unpaired) electrons. The van der Waals surface area contributed by atoms with Crippen molar-refractivity contribution in [2.75, 3.05) is 5.32 Å². The van der Waals surface area contributed by atoms with Crippen LogP contribution < -0.4 is 5.32 Å². The first-order valence-electron chi connectivity index (χ1n) is 7.13. The second-order valence-electron chi connectivity index (χ2n) is 5.46. The third kappa shape index (κ3) is 3.68. The van der Waals surface area contributed by atoms with Gasteiger partial charge in [-0.2, -0.15) is 0 Å². The molecule has 5 heteroatoms. The highest BCUT2D eigenvalue weighted by Crippen LogP contribution is 2.31. The van der Waals surface area contributed by atoms with E-state index < -0.39 is 17.8 Å². The van der Waals surface area contributed by atoms with Gasteiger partial charge in [-0.1, -0.05) is 12.8 Å². The van der Waals surface area contributed by atoms with E-state index >= 15 is 0 Å². The van der Waals surface area contributed by atoms with Crippen molar-refractivity contribution in [3.8, 4) is 0 Å². The highest BCUT2D eigenvalue weighted by atomic mass is 16.4. The van der Waals surface area contributed by atoms with E-state index in [1.807, 2.05) is 0 Å². The van der Waals surface area contributed by atoms with Crippen molar-refractivity contribution in [3.05, 3.63) is 29.8 Å². The van der Waals surface area contributed by atoms with Crippen LogP contribution in [0.25, 0.3) is 0 Å². The predicted octanol–water partition coefficient (Wildman–Crippen LogP) is 2.72. The molecule has 1 aromatic rings. The molecule has 0 spiro atoms. The highest BCUT2D eigenvalue weighted by Gasteiger charge is 2.35. The molecule has 0 bridgehead atoms. The Morgan fingerprint density at radius 2 is 1.62 bits per heavy atom. The predicted molar refractivity (Wildman–Crippen MR) is 78.2 cm³/mol. The third-order valence-electron chi connectivity index (χ3n) is 3.98. The van der Waals surface area contributed by atoms with E-state index in [1.165, 1.54) is 6.92 Å². The molecule has 1 amide bonds. The van der Waals surface area contributed by atoms with Crippen molar-refractivity contribution in [1.29, 1.82) is 0 Å². The topological polar surface area (TPSA) is 83.5 Å². The maximum absolute atomic E-state index is 12.3. The van der Waals surface area contributed by atoms with Gasteiger partial charge in [-0.3, -0.25) is 14.4 Å². The van der Waals surface area contributed by atoms with Crippen LogP contribution in [0.5, 0.6) is 0 Å². The summed E-state index contributed by atoms with van der Waals surface area (Å²) in [5, 5.41) is 12.0. The molecule has 0 unspecified atom stereocenters. The molecular formula is C16H19NO4. The number of hydrogen-bond donors (Lipinski definition) is 2. The lowest BCUT2D eigenvalue weighted by Crippen LogP contribution is -2.36. The average molecular weight is 289 g/mol. The molecule has 1 saturated carbocycles. The monoisotopic (exact) mass is 289 g/mol. The van der Waals surface area contributed by atoms with Crippen LogP contribution in [0, 0.1) is 11.8 Å². The lowest BCUT2D eigenvalue weighted by Gasteiger charge is -2.27. The standard InChI is InChI=1S/C16H19NO4/c1-10(18)11-6-8-12(9-7-11)17-15(19)13-4-2-3-5-14(13)16(20)21/h6-9,13-14H,2-5H2,1H3,(H,17,19)(H,20,21)/t13-,14-/m0/s1. The number of carboxylic acid groups (broad SMARTS) is 1. The van der Waals surface area contributed by atoms with Gasteiger partial charge in [-0.15, -0.1) is 0 Å². The summed E-state index contributed by atoms with van der Waals surface area (Å²) >= 11 is 0. The van der Waals surface area contributed by atoms with Gasteiger partial charge in [-0.05, 0) is 44.0 Å². The Morgan fingerprint density at radius 1 is 1.05 bits per heavy atom. The zero-order valence-corrected chi connectivity index (χ0v) is 12.0. The Labute approximate surface area is 123 Å². The second kappa shape index (κ2) is 6.52. The molecule has 2 N–H and O–H groups in total. The van der Waals surface area contributed by atoms with Crippen LogP contribution in [0.2, 0.25) is 0 Å². The van der Waals surface area contributed by atoms with E-state index in [0.717, 1.165) is 12.8 Å². The molecule has 1 aromatic carbocycles. The number of benzene rings is 1. The largest absolute Gasteiger partial charge is 0.481 e. The molecule has 5 nitrogen and oxygen atoms in total. The minimum atomic E-state index is -0.901. The molecule has 21 heavy (non-hydrogen) atoms. The highest BCUT2D eigenvalue weighted by molar-refractivity contribution is 5.97. The Bertz CT molecular complexity index is 550. The Kier molecular flexibility index (Phi) is 4.73. The summed E-state index contributed by atoms with van der Waals surface area (Å²) in [6.07, 6.45) is 2.89. The SMILES string of the molecule is CC(=O)c1ccc(NC(=O)[C@H]2CCCC[C@@H]2C(=O)O)cc1. The summed E-state index contributed by atoms with van der Waals surface area (Å²) in [7, 11) is 0. The van der Waals surface area contributed by atoms with Gasteiger partial charge in [0.15, 0.2) is 5.78 Å². The van der Waals surface area contributed by atoms with Crippen LogP contribution >= 0.6 is 0 Å². The van der Waals surface area contributed by atoms with E-state index in [-0.39, 0.29) is 11.7 Å². The molecule has 0 aromatic heterocycles. The lowest BCUT2D eigenvalue weighted by molar-refractivity contribution is -0.147. The van der Waals surface area contributed by atoms with Crippen LogP contribution in [0.3, 0.4) is 0 Å². The average Bonchev–Trinajstić information content (AvgIpc) is 2.47. The van der Waals surface area contributed by atoms with Gasteiger partial charge in [0.1, 0.15) is 0 Å². The number of anilines is 1. The lowest BCUT2D eigenvalue weighted by atomic mass is 9.78. The first-order valence-corrected chi connectivity index (χ1v) is 7.13. The van der Waals surface area contributed by atoms with Crippen LogP contribution in [0.15, 0.2) is 24.3 Å². The molecule has 1 fully saturated rings. The molecule has 0 aliphatic heterocycles. The van der Waals surface area contributed by atoms with Gasteiger partial charge in [0, 0.05) is 11.3 Å². The first kappa shape index (κ1) is 15.2. The third-order valence-corrected chi connectivity index (χ3v) is 3.98. The summed E-state index contributed by atoms with van der Waals surface area (Å²) in [5.74, 6) is -2.27. The minimum absolute atomic E-state index is 0.0360. The Balaban J connectivity index is 2.05. The molecule has 2 rings (SSSR count). The Morgan fingerprint density at radius 3 is 2.14 bits per heavy atom. The number of hydrogen-bond acceptors (Lipinski definition) is 3. The molecule has 1 aliphatic rings. The maximum Gasteiger partial charge on any atom is 0.307 e. The van der Waals surface area contributed by atoms with Crippen molar-refractivity contribution in [3.63, 3.8) is 0 Å². The second-order valence-corrected chi connectivity index (χ2v) is 5.46. The van der Waals surface area contributed by atoms with Crippen molar-refractivity contribution >= 4 is 23.3 Å². The fourth-order valence-corrected chi connectivity index (χ4v) is 2.76. The minimum Gasteiger partial charge on any atom is -0.481 e. The number of amides is 1. The van der Waals surface area contributed by atoms with Gasteiger partial charge >= 0.3 is 5.97 Å². The number of carbonyl (C=O) groups is 3. The number of nitrogens with one attached hydrogen (secondary N) is 1. The van der Waals surface area contributed by atoms with Gasteiger partial charge < -0.3 is 10.4 Å². The summed E-state index contributed by atoms with van der Waals surface area (Å²) in [6.45, 7) is 1.48. The first-order chi connectivity index (χ1) is 9.99. The van der Waals surface area contributed by atoms with Crippen LogP contribution in [-0.4, -0.2) is 22.8 Å². The van der Waals surface area contributed by atoms with Gasteiger partial charge in [0.05, 0.1) is 11.8 Å². The number of ketones is 1. The molecule has 0 heterocycles. The van der Waals surface area contributed by atoms with Crippen molar-refractivity contribution in [1.82, 2.24) is 0 Å². The quantitative estimate of drug-likeness (QED) is 0.835. The van der Waals surface area contributed by atoms with Crippen LogP contribution in [0.1, 0.15) is 43.0 Å². The van der Waals surface area contributed by atoms with E-state index in [0.29, 0.717) is 24.1 Å². The van der Waals surface area contributed by atoms with Crippen molar-refractivity contribution in [2.24, 2.45) is 11.8 Å². The molecule has 0 saturated heterocycles. The summed E-state index contributed by atoms with van der Waals surface area (Å²) in [4.78, 5) is 34.7. The number of carbonyl (C=O) groups excluding carboxylic acids is 2. The summed E-state index contributed by atoms with van der Waals surface area (Å²) < 4.78 is 0. The number of rotatable bonds is 4. The maximum atomic E-state index is 12.3. The van der Waals surface area contributed by atoms with Crippen molar-refractivity contribution < 1.29 is 19.5 Å². The van der Waals surface area contributed by atoms with E-state index in [4.69, 9.17) is 0 Å². The number of Topliss-reactive ketones (excluding diaryl/α,β-unsaturated/α-hetero) is 1. The molecule has 2 atom stereocenters. The molecular weight excluding hydrogens is 270 g/mol. The summed E-state index contributed by atoms with van der Waals surface area (Å²) in [5.41, 5.74) is 1.16. The van der Waals surface area contributed by atoms with E-state index in [9.17, 15) is 19.5 Å². The van der Waals surface area contributed by atoms with Gasteiger partial charge in [-0.25, -0.2) is 0 Å². The number of carboxylic acids is 1. The smallest absolute Gasteiger partial charge is 0.307 e. The zero-order valence-electron chi connectivity index (χ0n) is 12.0. The van der Waals surface area contributed by atoms with Crippen LogP contribution in [-0.2, 0) is 9.59 Å². The fourth-order valence-electron chi connectivity index (χ4n) is 2.76. The normalized spacial score (nSPS) is 21.6. The molecule has 112 valence electrons. The fraction of sp³-hybridized carbons (Fsp3) is 0.438. The van der Waals surface area contributed by atoms with E-state index in [1.54, 1.807) is 24.3 Å². The Hall–Kier alpha value is -2.17. The molecule has 1 aliphatic carbocycles. The zero-order chi connectivity index (χ0) is 15.4. The number of aliphatic carboxylic acids is 1. The summed E-state index contributed by atoms with van der Waals surface area (Å²) in [6, 6.07) is 6.61. The van der Waals surface area contributed by atoms with Gasteiger partial charge in [0.2, 0.25) is 5.91 Å². The van der Waals surface area contributed by atoms with E-state index in [2.05, 4.69) is 5.32 Å². The van der Waals surface area contributed by atoms with Crippen molar-refractivity contribution in [2.45, 2.75) is 32.6 Å². The van der Waals surface area contributed by atoms with Crippen LogP contribution in [0.4, 0.5) is 5.69 Å². The van der Waals surface area contributed by atoms with Gasteiger partial charge in [0.25, 0.3) is 0 Å².